The Morgan fingerprint density at radius 2 is 1.72 bits per heavy atom. The normalized spacial score (nSPS) is 34.3. The van der Waals surface area contributed by atoms with E-state index in [-0.39, 0.29) is 17.7 Å². The number of carbonyl (C=O) groups excluding carboxylic acids is 6. The molecular weight excluding hydrogens is 508 g/mol. The van der Waals surface area contributed by atoms with Crippen LogP contribution in [0.2, 0.25) is 0 Å². The van der Waals surface area contributed by atoms with E-state index in [2.05, 4.69) is 0 Å². The first-order valence-corrected chi connectivity index (χ1v) is 12.8. The Hall–Kier alpha value is -3.44. The summed E-state index contributed by atoms with van der Waals surface area (Å²) in [5.74, 6) is -14.0. The molecule has 0 saturated heterocycles. The molecule has 2 unspecified atom stereocenters. The van der Waals surface area contributed by atoms with Crippen LogP contribution in [0, 0.1) is 29.1 Å². The minimum atomic E-state index is -3.03. The fourth-order valence-electron chi connectivity index (χ4n) is 6.69. The van der Waals surface area contributed by atoms with Crippen LogP contribution in [-0.4, -0.2) is 82.0 Å². The Bertz CT molecular complexity index is 1300. The molecular formula is C28H34N2O9. The lowest BCUT2D eigenvalue weighted by Gasteiger charge is -2.56. The van der Waals surface area contributed by atoms with Gasteiger partial charge in [-0.1, -0.05) is 39.8 Å². The van der Waals surface area contributed by atoms with Gasteiger partial charge in [0.25, 0.3) is 0 Å². The number of aromatic hydroxyl groups is 1. The fourth-order valence-corrected chi connectivity index (χ4v) is 6.69. The zero-order valence-corrected chi connectivity index (χ0v) is 22.8. The summed E-state index contributed by atoms with van der Waals surface area (Å²) in [6.45, 7) is 7.10. The van der Waals surface area contributed by atoms with Gasteiger partial charge in [-0.25, -0.2) is 0 Å². The highest BCUT2D eigenvalue weighted by molar-refractivity contribution is 6.32. The highest BCUT2D eigenvalue weighted by Crippen LogP contribution is 2.55. The maximum Gasteiger partial charge on any atom is 0.306 e. The van der Waals surface area contributed by atoms with Gasteiger partial charge in [-0.3, -0.25) is 33.7 Å². The van der Waals surface area contributed by atoms with Crippen molar-refractivity contribution >= 4 is 35.0 Å². The molecule has 8 atom stereocenters. The van der Waals surface area contributed by atoms with Crippen molar-refractivity contribution < 1.29 is 43.7 Å². The molecule has 0 aliphatic heterocycles. The van der Waals surface area contributed by atoms with E-state index < -0.39 is 87.8 Å². The van der Waals surface area contributed by atoms with Crippen LogP contribution in [0.15, 0.2) is 18.2 Å². The highest BCUT2D eigenvalue weighted by Gasteiger charge is 2.74. The van der Waals surface area contributed by atoms with Gasteiger partial charge in [-0.15, -0.1) is 0 Å². The molecule has 210 valence electrons. The number of aliphatic hydroxyl groups is 1. The van der Waals surface area contributed by atoms with Gasteiger partial charge in [-0.05, 0) is 37.1 Å². The number of phenolic OH excluding ortho intramolecular Hbond substituents is 1. The summed E-state index contributed by atoms with van der Waals surface area (Å²) < 4.78 is 5.94. The first-order valence-electron chi connectivity index (χ1n) is 12.8. The van der Waals surface area contributed by atoms with Crippen LogP contribution in [0.1, 0.15) is 56.0 Å². The van der Waals surface area contributed by atoms with E-state index in [9.17, 15) is 39.0 Å². The van der Waals surface area contributed by atoms with E-state index in [1.807, 2.05) is 0 Å². The number of nitrogens with zero attached hydrogens (tertiary/aromatic N) is 1. The molecule has 4 N–H and O–H groups in total. The third-order valence-corrected chi connectivity index (χ3v) is 8.27. The van der Waals surface area contributed by atoms with Crippen molar-refractivity contribution in [1.29, 1.82) is 0 Å². The molecule has 1 aromatic carbocycles. The molecule has 2 fully saturated rings. The van der Waals surface area contributed by atoms with Crippen molar-refractivity contribution in [1.82, 2.24) is 4.90 Å². The molecule has 11 heteroatoms. The lowest BCUT2D eigenvalue weighted by Crippen LogP contribution is -2.78. The molecule has 39 heavy (non-hydrogen) atoms. The molecule has 0 bridgehead atoms. The summed E-state index contributed by atoms with van der Waals surface area (Å²) >= 11 is 0. The van der Waals surface area contributed by atoms with Gasteiger partial charge in [-0.2, -0.15) is 0 Å². The zero-order chi connectivity index (χ0) is 29.4. The van der Waals surface area contributed by atoms with Crippen LogP contribution in [0.3, 0.4) is 0 Å². The van der Waals surface area contributed by atoms with E-state index in [1.54, 1.807) is 33.8 Å². The third-order valence-electron chi connectivity index (χ3n) is 8.27. The summed E-state index contributed by atoms with van der Waals surface area (Å²) in [7, 11) is 2.93. The van der Waals surface area contributed by atoms with E-state index in [1.165, 1.54) is 31.1 Å². The van der Waals surface area contributed by atoms with E-state index in [4.69, 9.17) is 10.5 Å². The lowest BCUT2D eigenvalue weighted by molar-refractivity contribution is -0.206. The van der Waals surface area contributed by atoms with Crippen LogP contribution in [0.4, 0.5) is 0 Å². The number of fused-ring (bicyclic) bond motifs is 3. The molecule has 11 nitrogen and oxygen atoms in total. The molecule has 0 heterocycles. The Labute approximate surface area is 225 Å². The lowest BCUT2D eigenvalue weighted by atomic mass is 9.49. The van der Waals surface area contributed by atoms with Crippen molar-refractivity contribution in [2.45, 2.75) is 57.8 Å². The smallest absolute Gasteiger partial charge is 0.306 e. The first-order chi connectivity index (χ1) is 17.9. The number of hydrogen-bond acceptors (Lipinski definition) is 10. The minimum absolute atomic E-state index is 0.0713. The molecule has 3 aliphatic carbocycles. The molecule has 3 aliphatic rings. The average Bonchev–Trinajstić information content (AvgIpc) is 2.79. The standard InChI is InChI=1S/C28H34N2O9/c1-11-12-8-7-9-13(31)16(12)21(33)17-15(11)23(39-14(32)10-27(2,3)4)19-20(30(5)6)22(34)18(26(29)37)25(36)28(19,38)24(17)35/h7-9,11,15,17-20,23,31,38H,10H2,1-6H3,(H2,29,37)/t11-,15+,17?,18?,19+,20-,23-,28-/m1/s1. The van der Waals surface area contributed by atoms with Crippen LogP contribution in [0.25, 0.3) is 0 Å². The van der Waals surface area contributed by atoms with E-state index in [0.29, 0.717) is 5.56 Å². The van der Waals surface area contributed by atoms with Gasteiger partial charge in [0.1, 0.15) is 11.9 Å². The first kappa shape index (κ1) is 28.6. The number of rotatable bonds is 4. The number of ketones is 4. The van der Waals surface area contributed by atoms with Gasteiger partial charge >= 0.3 is 5.97 Å². The summed E-state index contributed by atoms with van der Waals surface area (Å²) in [4.78, 5) is 81.8. The number of ether oxygens (including phenoxy) is 1. The van der Waals surface area contributed by atoms with Crippen LogP contribution < -0.4 is 5.73 Å². The maximum atomic E-state index is 14.1. The Kier molecular flexibility index (Phi) is 6.84. The van der Waals surface area contributed by atoms with Crippen molar-refractivity contribution in [2.75, 3.05) is 14.1 Å². The molecule has 4 rings (SSSR count). The Morgan fingerprint density at radius 1 is 1.10 bits per heavy atom. The second-order valence-electron chi connectivity index (χ2n) is 12.3. The van der Waals surface area contributed by atoms with Crippen molar-refractivity contribution in [3.63, 3.8) is 0 Å². The predicted molar refractivity (Wildman–Crippen MR) is 135 cm³/mol. The highest BCUT2D eigenvalue weighted by atomic mass is 16.5. The molecule has 1 aromatic rings. The van der Waals surface area contributed by atoms with E-state index in [0.717, 1.165) is 0 Å². The number of Topliss-reactive ketones (excluding diaryl/α,β-unsaturated/α-hetero) is 4. The topological polar surface area (TPSA) is 181 Å². The summed E-state index contributed by atoms with van der Waals surface area (Å²) in [6.07, 6.45) is -1.52. The van der Waals surface area contributed by atoms with E-state index >= 15 is 0 Å². The maximum absolute atomic E-state index is 14.1. The zero-order valence-electron chi connectivity index (χ0n) is 22.8. The second-order valence-corrected chi connectivity index (χ2v) is 12.3. The average molecular weight is 543 g/mol. The number of primary amides is 1. The third kappa shape index (κ3) is 4.19. The van der Waals surface area contributed by atoms with Crippen molar-refractivity contribution in [2.24, 2.45) is 34.8 Å². The monoisotopic (exact) mass is 542 g/mol. The van der Waals surface area contributed by atoms with Gasteiger partial charge in [0.15, 0.2) is 34.7 Å². The molecule has 0 radical (unpaired) electrons. The Morgan fingerprint density at radius 3 is 2.26 bits per heavy atom. The number of hydrogen-bond donors (Lipinski definition) is 3. The molecule has 0 spiro atoms. The summed E-state index contributed by atoms with van der Waals surface area (Å²) in [5.41, 5.74) is 2.11. The van der Waals surface area contributed by atoms with Gasteiger partial charge in [0.05, 0.1) is 29.9 Å². The molecule has 2 saturated carbocycles. The molecule has 0 aromatic heterocycles. The number of amides is 1. The number of phenols is 1. The van der Waals surface area contributed by atoms with Gasteiger partial charge < -0.3 is 20.7 Å². The predicted octanol–water partition coefficient (Wildman–Crippen LogP) is 0.386. The number of carbonyl (C=O) groups is 6. The van der Waals surface area contributed by atoms with Gasteiger partial charge in [0.2, 0.25) is 5.91 Å². The van der Waals surface area contributed by atoms with Crippen LogP contribution in [0.5, 0.6) is 5.75 Å². The van der Waals surface area contributed by atoms with Crippen molar-refractivity contribution in [3.8, 4) is 5.75 Å². The summed E-state index contributed by atoms with van der Waals surface area (Å²) in [5, 5.41) is 22.5. The second kappa shape index (κ2) is 9.34. The van der Waals surface area contributed by atoms with Crippen molar-refractivity contribution in [3.05, 3.63) is 29.3 Å². The van der Waals surface area contributed by atoms with Crippen LogP contribution >= 0.6 is 0 Å². The number of esters is 1. The number of benzene rings is 1. The van der Waals surface area contributed by atoms with Crippen LogP contribution in [-0.2, 0) is 28.7 Å². The minimum Gasteiger partial charge on any atom is -0.507 e. The SMILES string of the molecule is C[C@@H]1c2cccc(O)c2C(=O)C2C(=O)[C@@]3(O)C(=O)C(C(N)=O)C(=O)[C@H](N(C)C)[C@H]3[C@H](OC(=O)CC(C)(C)C)[C@H]21. The molecule has 1 amide bonds. The number of likely N-dealkylation sites (N-methyl/N-ethyl adjacent to an activating group) is 1. The van der Waals surface area contributed by atoms with Gasteiger partial charge in [0, 0.05) is 5.92 Å². The quantitative estimate of drug-likeness (QED) is 0.355. The fraction of sp³-hybridized carbons (Fsp3) is 0.571. The largest absolute Gasteiger partial charge is 0.507 e. The number of nitrogens with two attached hydrogens (primary N) is 1. The Balaban J connectivity index is 2.00. The summed E-state index contributed by atoms with van der Waals surface area (Å²) in [6, 6.07) is 3.01.